The molecule has 0 spiro atoms. The molecule has 0 bridgehead atoms. The summed E-state index contributed by atoms with van der Waals surface area (Å²) in [7, 11) is 1.57. The molecular formula is C28H26N2O6S. The lowest BCUT2D eigenvalue weighted by Crippen LogP contribution is -2.45. The van der Waals surface area contributed by atoms with Gasteiger partial charge in [0.15, 0.2) is 12.4 Å². The third-order valence-electron chi connectivity index (χ3n) is 5.88. The van der Waals surface area contributed by atoms with Crippen LogP contribution in [0.4, 0.5) is 5.69 Å². The normalized spacial score (nSPS) is 16.8. The molecule has 2 atom stereocenters. The average Bonchev–Trinajstić information content (AvgIpc) is 3.03. The number of rotatable bonds is 8. The van der Waals surface area contributed by atoms with E-state index in [2.05, 4.69) is 5.32 Å². The molecule has 0 fully saturated rings. The van der Waals surface area contributed by atoms with Gasteiger partial charge in [-0.15, -0.1) is 11.8 Å². The maximum atomic E-state index is 13.8. The third-order valence-corrected chi connectivity index (χ3v) is 7.26. The molecule has 9 heteroatoms. The minimum atomic E-state index is -1.09. The van der Waals surface area contributed by atoms with Crippen molar-refractivity contribution in [3.8, 4) is 5.75 Å². The minimum absolute atomic E-state index is 0.122. The van der Waals surface area contributed by atoms with Crippen LogP contribution in [0, 0.1) is 0 Å². The number of thioether (sulfide) groups is 1. The number of hydrogen-bond acceptors (Lipinski definition) is 7. The number of hydrogen-bond donors (Lipinski definition) is 1. The van der Waals surface area contributed by atoms with Crippen LogP contribution in [0.15, 0.2) is 77.7 Å². The van der Waals surface area contributed by atoms with Crippen LogP contribution in [-0.2, 0) is 14.3 Å². The molecule has 8 nitrogen and oxygen atoms in total. The second-order valence-corrected chi connectivity index (χ2v) is 9.44. The molecule has 2 amide bonds. The van der Waals surface area contributed by atoms with Gasteiger partial charge in [-0.25, -0.2) is 0 Å². The standard InChI is InChI=1S/C28H26N2O6S/c1-18(32)36-25-26(19-11-13-21(35-2)14-12-19)37-24-10-6-5-9-23(24)30(28(25)34)16-15-29-27(33)22-8-4-3-7-20(22)17-31/h3-14,17,25-26H,15-16H2,1-2H3,(H,29,33). The van der Waals surface area contributed by atoms with Crippen molar-refractivity contribution in [2.24, 2.45) is 0 Å². The highest BCUT2D eigenvalue weighted by Crippen LogP contribution is 2.46. The summed E-state index contributed by atoms with van der Waals surface area (Å²) < 4.78 is 10.8. The van der Waals surface area contributed by atoms with Gasteiger partial charge >= 0.3 is 5.97 Å². The number of carbonyl (C=O) groups excluding carboxylic acids is 4. The van der Waals surface area contributed by atoms with E-state index in [0.29, 0.717) is 17.7 Å². The number of nitrogens with one attached hydrogen (secondary N) is 1. The monoisotopic (exact) mass is 518 g/mol. The molecule has 0 saturated heterocycles. The topological polar surface area (TPSA) is 102 Å². The minimum Gasteiger partial charge on any atom is -0.497 e. The molecule has 3 aromatic rings. The van der Waals surface area contributed by atoms with Crippen LogP contribution in [-0.4, -0.2) is 50.4 Å². The molecule has 1 aliphatic rings. The predicted molar refractivity (Wildman–Crippen MR) is 140 cm³/mol. The van der Waals surface area contributed by atoms with Crippen molar-refractivity contribution in [3.05, 3.63) is 89.5 Å². The Hall–Kier alpha value is -4.11. The molecule has 0 radical (unpaired) electrons. The van der Waals surface area contributed by atoms with Gasteiger partial charge in [0.05, 0.1) is 18.0 Å². The quantitative estimate of drug-likeness (QED) is 0.355. The fraction of sp³-hybridized carbons (Fsp3) is 0.214. The third kappa shape index (κ3) is 5.83. The summed E-state index contributed by atoms with van der Waals surface area (Å²) in [6.07, 6.45) is -0.459. The number of aldehydes is 1. The number of anilines is 1. The van der Waals surface area contributed by atoms with E-state index in [-0.39, 0.29) is 24.2 Å². The molecule has 0 aromatic heterocycles. The van der Waals surface area contributed by atoms with Crippen LogP contribution in [0.3, 0.4) is 0 Å². The number of para-hydroxylation sites is 1. The van der Waals surface area contributed by atoms with Crippen molar-refractivity contribution in [2.45, 2.75) is 23.2 Å². The lowest BCUT2D eigenvalue weighted by molar-refractivity contribution is -0.152. The zero-order chi connectivity index (χ0) is 26.4. The summed E-state index contributed by atoms with van der Waals surface area (Å²) in [6.45, 7) is 1.53. The Bertz CT molecular complexity index is 1310. The number of carbonyl (C=O) groups is 4. The van der Waals surface area contributed by atoms with Crippen LogP contribution in [0.5, 0.6) is 5.75 Å². The van der Waals surface area contributed by atoms with E-state index in [9.17, 15) is 19.2 Å². The Morgan fingerprint density at radius 3 is 2.43 bits per heavy atom. The Kier molecular flexibility index (Phi) is 8.25. The summed E-state index contributed by atoms with van der Waals surface area (Å²) in [5.41, 5.74) is 2.01. The molecule has 2 unspecified atom stereocenters. The molecule has 4 rings (SSSR count). The zero-order valence-electron chi connectivity index (χ0n) is 20.4. The first-order valence-corrected chi connectivity index (χ1v) is 12.5. The van der Waals surface area contributed by atoms with Gasteiger partial charge < -0.3 is 19.7 Å². The van der Waals surface area contributed by atoms with Gasteiger partial charge in [0.1, 0.15) is 5.75 Å². The Labute approximate surface area is 218 Å². The van der Waals surface area contributed by atoms with Gasteiger partial charge in [-0.05, 0) is 35.9 Å². The van der Waals surface area contributed by atoms with Gasteiger partial charge in [0, 0.05) is 36.0 Å². The van der Waals surface area contributed by atoms with E-state index < -0.39 is 29.1 Å². The van der Waals surface area contributed by atoms with Crippen molar-refractivity contribution in [2.75, 3.05) is 25.1 Å². The van der Waals surface area contributed by atoms with Crippen molar-refractivity contribution >= 4 is 41.5 Å². The first-order chi connectivity index (χ1) is 17.9. The second-order valence-electron chi connectivity index (χ2n) is 8.26. The van der Waals surface area contributed by atoms with Crippen molar-refractivity contribution in [1.29, 1.82) is 0 Å². The molecule has 1 N–H and O–H groups in total. The van der Waals surface area contributed by atoms with Crippen molar-refractivity contribution in [3.63, 3.8) is 0 Å². The van der Waals surface area contributed by atoms with Crippen molar-refractivity contribution < 1.29 is 28.7 Å². The second kappa shape index (κ2) is 11.7. The molecule has 190 valence electrons. The number of esters is 1. The fourth-order valence-electron chi connectivity index (χ4n) is 4.12. The van der Waals surface area contributed by atoms with Crippen molar-refractivity contribution in [1.82, 2.24) is 5.32 Å². The molecule has 37 heavy (non-hydrogen) atoms. The van der Waals surface area contributed by atoms with Crippen LogP contribution >= 0.6 is 11.8 Å². The SMILES string of the molecule is COc1ccc(C2Sc3ccccc3N(CCNC(=O)c3ccccc3C=O)C(=O)C2OC(C)=O)cc1. The molecular weight excluding hydrogens is 492 g/mol. The van der Waals surface area contributed by atoms with Crippen LogP contribution in [0.2, 0.25) is 0 Å². The fourth-order valence-corrected chi connectivity index (χ4v) is 5.44. The van der Waals surface area contributed by atoms with E-state index >= 15 is 0 Å². The highest BCUT2D eigenvalue weighted by molar-refractivity contribution is 7.99. The molecule has 3 aromatic carbocycles. The number of nitrogens with zero attached hydrogens (tertiary/aromatic N) is 1. The summed E-state index contributed by atoms with van der Waals surface area (Å²) in [4.78, 5) is 52.3. The predicted octanol–water partition coefficient (Wildman–Crippen LogP) is 4.05. The van der Waals surface area contributed by atoms with E-state index in [4.69, 9.17) is 9.47 Å². The maximum absolute atomic E-state index is 13.8. The smallest absolute Gasteiger partial charge is 0.303 e. The summed E-state index contributed by atoms with van der Waals surface area (Å²) in [5.74, 6) is -0.704. The first-order valence-electron chi connectivity index (χ1n) is 11.6. The number of amides is 2. The summed E-state index contributed by atoms with van der Waals surface area (Å²) in [5, 5.41) is 2.29. The Morgan fingerprint density at radius 1 is 1.03 bits per heavy atom. The molecule has 0 aliphatic carbocycles. The molecule has 1 aliphatic heterocycles. The van der Waals surface area contributed by atoms with Crippen LogP contribution < -0.4 is 15.0 Å². The number of methoxy groups -OCH3 is 1. The lowest BCUT2D eigenvalue weighted by Gasteiger charge is -2.27. The van der Waals surface area contributed by atoms with Crippen LogP contribution in [0.25, 0.3) is 0 Å². The number of benzene rings is 3. The van der Waals surface area contributed by atoms with Gasteiger partial charge in [-0.3, -0.25) is 19.2 Å². The Morgan fingerprint density at radius 2 is 1.73 bits per heavy atom. The molecule has 1 heterocycles. The maximum Gasteiger partial charge on any atom is 0.303 e. The number of ether oxygens (including phenoxy) is 2. The Balaban J connectivity index is 1.62. The van der Waals surface area contributed by atoms with Crippen LogP contribution in [0.1, 0.15) is 38.5 Å². The largest absolute Gasteiger partial charge is 0.497 e. The lowest BCUT2D eigenvalue weighted by atomic mass is 10.1. The van der Waals surface area contributed by atoms with E-state index in [1.807, 2.05) is 36.4 Å². The van der Waals surface area contributed by atoms with E-state index in [1.54, 1.807) is 43.5 Å². The highest BCUT2D eigenvalue weighted by atomic mass is 32.2. The summed E-state index contributed by atoms with van der Waals surface area (Å²) >= 11 is 1.44. The van der Waals surface area contributed by atoms with E-state index in [1.165, 1.54) is 23.6 Å². The van der Waals surface area contributed by atoms with Gasteiger partial charge in [0.25, 0.3) is 11.8 Å². The van der Waals surface area contributed by atoms with E-state index in [0.717, 1.165) is 10.5 Å². The molecule has 0 saturated carbocycles. The summed E-state index contributed by atoms with van der Waals surface area (Å²) in [6, 6.07) is 21.2. The average molecular weight is 519 g/mol. The highest BCUT2D eigenvalue weighted by Gasteiger charge is 2.40. The first kappa shape index (κ1) is 26.0. The van der Waals surface area contributed by atoms with Gasteiger partial charge in [-0.1, -0.05) is 42.5 Å². The van der Waals surface area contributed by atoms with Gasteiger partial charge in [0.2, 0.25) is 0 Å². The van der Waals surface area contributed by atoms with Gasteiger partial charge in [-0.2, -0.15) is 0 Å². The number of fused-ring (bicyclic) bond motifs is 1. The zero-order valence-corrected chi connectivity index (χ0v) is 21.2.